The maximum absolute atomic E-state index is 12.0. The van der Waals surface area contributed by atoms with Gasteiger partial charge in [0.05, 0.1) is 5.92 Å². The van der Waals surface area contributed by atoms with Crippen LogP contribution in [0.3, 0.4) is 0 Å². The summed E-state index contributed by atoms with van der Waals surface area (Å²) >= 11 is 0. The minimum atomic E-state index is -0.954. The predicted octanol–water partition coefficient (Wildman–Crippen LogP) is 2.71. The van der Waals surface area contributed by atoms with Crippen LogP contribution < -0.4 is 5.32 Å². The van der Waals surface area contributed by atoms with Crippen molar-refractivity contribution in [3.63, 3.8) is 0 Å². The Kier molecular flexibility index (Phi) is 6.89. The Morgan fingerprint density at radius 2 is 1.48 bits per heavy atom. The van der Waals surface area contributed by atoms with Gasteiger partial charge in [0.2, 0.25) is 5.91 Å². The van der Waals surface area contributed by atoms with Gasteiger partial charge in [-0.1, -0.05) is 60.7 Å². The molecule has 5 nitrogen and oxygen atoms in total. The molecule has 2 aromatic rings. The van der Waals surface area contributed by atoms with E-state index < -0.39 is 11.9 Å². The third kappa shape index (κ3) is 6.22. The summed E-state index contributed by atoms with van der Waals surface area (Å²) in [5, 5.41) is 11.9. The summed E-state index contributed by atoms with van der Waals surface area (Å²) in [6.45, 7) is 0.0442. The molecule has 0 saturated carbocycles. The van der Waals surface area contributed by atoms with Gasteiger partial charge in [-0.2, -0.15) is 0 Å². The van der Waals surface area contributed by atoms with Crippen molar-refractivity contribution < 1.29 is 19.5 Å². The lowest BCUT2D eigenvalue weighted by molar-refractivity contribution is -0.141. The van der Waals surface area contributed by atoms with Crippen molar-refractivity contribution in [2.75, 3.05) is 6.54 Å². The molecule has 0 aromatic heterocycles. The highest BCUT2D eigenvalue weighted by molar-refractivity contribution is 5.97. The van der Waals surface area contributed by atoms with E-state index in [0.29, 0.717) is 12.0 Å². The number of amides is 1. The van der Waals surface area contributed by atoms with E-state index in [1.54, 1.807) is 24.3 Å². The third-order valence-corrected chi connectivity index (χ3v) is 3.89. The molecule has 0 radical (unpaired) electrons. The molecule has 0 aliphatic carbocycles. The molecule has 0 fully saturated rings. The van der Waals surface area contributed by atoms with Crippen LogP contribution in [-0.4, -0.2) is 29.3 Å². The number of carboxylic acids is 1. The lowest BCUT2D eigenvalue weighted by Crippen LogP contribution is -2.34. The first kappa shape index (κ1) is 18.4. The average molecular weight is 339 g/mol. The van der Waals surface area contributed by atoms with Crippen molar-refractivity contribution in [3.05, 3.63) is 71.8 Å². The number of Topliss-reactive ketones (excluding diaryl/α,β-unsaturated/α-hetero) is 1. The van der Waals surface area contributed by atoms with Gasteiger partial charge < -0.3 is 10.4 Å². The molecule has 1 unspecified atom stereocenters. The lowest BCUT2D eigenvalue weighted by Gasteiger charge is -2.13. The number of hydrogen-bond donors (Lipinski definition) is 2. The van der Waals surface area contributed by atoms with E-state index in [2.05, 4.69) is 5.32 Å². The quantitative estimate of drug-likeness (QED) is 0.688. The van der Waals surface area contributed by atoms with Crippen molar-refractivity contribution in [1.29, 1.82) is 0 Å². The van der Waals surface area contributed by atoms with Gasteiger partial charge in [0, 0.05) is 24.9 Å². The molecule has 0 spiro atoms. The van der Waals surface area contributed by atoms with Crippen molar-refractivity contribution in [2.24, 2.45) is 5.92 Å². The zero-order valence-electron chi connectivity index (χ0n) is 13.9. The molecule has 1 atom stereocenters. The van der Waals surface area contributed by atoms with Gasteiger partial charge in [0.1, 0.15) is 0 Å². The maximum Gasteiger partial charge on any atom is 0.308 e. The van der Waals surface area contributed by atoms with Gasteiger partial charge >= 0.3 is 5.97 Å². The second-order valence-electron chi connectivity index (χ2n) is 5.82. The molecule has 0 aliphatic rings. The number of aliphatic carboxylic acids is 1. The van der Waals surface area contributed by atoms with Gasteiger partial charge in [-0.25, -0.2) is 0 Å². The highest BCUT2D eigenvalue weighted by atomic mass is 16.4. The number of rotatable bonds is 9. The highest BCUT2D eigenvalue weighted by Crippen LogP contribution is 2.09. The number of carbonyl (C=O) groups excluding carboxylic acids is 2. The molecule has 25 heavy (non-hydrogen) atoms. The summed E-state index contributed by atoms with van der Waals surface area (Å²) in [6, 6.07) is 18.1. The normalized spacial score (nSPS) is 11.5. The van der Waals surface area contributed by atoms with E-state index in [9.17, 15) is 19.5 Å². The van der Waals surface area contributed by atoms with Gasteiger partial charge in [-0.3, -0.25) is 14.4 Å². The number of carboxylic acid groups (broad SMARTS) is 1. The molecular weight excluding hydrogens is 318 g/mol. The number of ketones is 1. The zero-order valence-corrected chi connectivity index (χ0v) is 13.9. The second kappa shape index (κ2) is 9.37. The maximum atomic E-state index is 12.0. The Bertz CT molecular complexity index is 713. The molecule has 2 aromatic carbocycles. The fourth-order valence-corrected chi connectivity index (χ4v) is 2.47. The number of carbonyl (C=O) groups is 3. The van der Waals surface area contributed by atoms with Crippen LogP contribution in [-0.2, 0) is 16.0 Å². The molecule has 2 N–H and O–H groups in total. The van der Waals surface area contributed by atoms with Gasteiger partial charge in [0.15, 0.2) is 5.78 Å². The average Bonchev–Trinajstić information content (AvgIpc) is 2.64. The van der Waals surface area contributed by atoms with Crippen LogP contribution >= 0.6 is 0 Å². The zero-order chi connectivity index (χ0) is 18.1. The first-order valence-electron chi connectivity index (χ1n) is 8.18. The van der Waals surface area contributed by atoms with E-state index in [0.717, 1.165) is 5.56 Å². The van der Waals surface area contributed by atoms with Crippen molar-refractivity contribution in [1.82, 2.24) is 5.32 Å². The number of hydrogen-bond acceptors (Lipinski definition) is 3. The first-order valence-corrected chi connectivity index (χ1v) is 8.18. The van der Waals surface area contributed by atoms with Crippen molar-refractivity contribution >= 4 is 17.7 Å². The molecule has 1 amide bonds. The van der Waals surface area contributed by atoms with E-state index >= 15 is 0 Å². The van der Waals surface area contributed by atoms with Crippen molar-refractivity contribution in [2.45, 2.75) is 19.3 Å². The Balaban J connectivity index is 1.79. The molecule has 0 heterocycles. The van der Waals surface area contributed by atoms with Gasteiger partial charge in [-0.15, -0.1) is 0 Å². The number of benzene rings is 2. The minimum Gasteiger partial charge on any atom is -0.481 e. The molecule has 0 aliphatic heterocycles. The Morgan fingerprint density at radius 1 is 0.880 bits per heavy atom. The molecule has 0 bridgehead atoms. The topological polar surface area (TPSA) is 83.5 Å². The van der Waals surface area contributed by atoms with Crippen LogP contribution in [0.5, 0.6) is 0 Å². The molecular formula is C20H21NO4. The van der Waals surface area contributed by atoms with Crippen LogP contribution in [0.2, 0.25) is 0 Å². The first-order chi connectivity index (χ1) is 12.1. The van der Waals surface area contributed by atoms with E-state index in [1.807, 2.05) is 36.4 Å². The van der Waals surface area contributed by atoms with Crippen LogP contribution in [0, 0.1) is 5.92 Å². The van der Waals surface area contributed by atoms with Gasteiger partial charge in [0.25, 0.3) is 0 Å². The fourth-order valence-electron chi connectivity index (χ4n) is 2.47. The molecule has 2 rings (SSSR count). The van der Waals surface area contributed by atoms with E-state index in [1.165, 1.54) is 0 Å². The van der Waals surface area contributed by atoms with E-state index in [4.69, 9.17) is 0 Å². The van der Waals surface area contributed by atoms with Crippen LogP contribution in [0.25, 0.3) is 0 Å². The van der Waals surface area contributed by atoms with Crippen LogP contribution in [0.1, 0.15) is 28.8 Å². The second-order valence-corrected chi connectivity index (χ2v) is 5.82. The highest BCUT2D eigenvalue weighted by Gasteiger charge is 2.19. The molecule has 130 valence electrons. The largest absolute Gasteiger partial charge is 0.481 e. The van der Waals surface area contributed by atoms with Crippen molar-refractivity contribution in [3.8, 4) is 0 Å². The summed E-state index contributed by atoms with van der Waals surface area (Å²) in [5.41, 5.74) is 1.48. The summed E-state index contributed by atoms with van der Waals surface area (Å²) in [5.74, 6) is -2.07. The van der Waals surface area contributed by atoms with Crippen LogP contribution in [0.4, 0.5) is 0 Å². The van der Waals surface area contributed by atoms with Gasteiger partial charge in [-0.05, 0) is 12.0 Å². The fraction of sp³-hybridized carbons (Fsp3) is 0.250. The lowest BCUT2D eigenvalue weighted by atomic mass is 9.99. The Labute approximate surface area is 146 Å². The summed E-state index contributed by atoms with van der Waals surface area (Å²) < 4.78 is 0. The summed E-state index contributed by atoms with van der Waals surface area (Å²) in [6.07, 6.45) is 0.497. The number of nitrogens with one attached hydrogen (secondary N) is 1. The van der Waals surface area contributed by atoms with Crippen LogP contribution in [0.15, 0.2) is 60.7 Å². The predicted molar refractivity (Wildman–Crippen MR) is 94.3 cm³/mol. The third-order valence-electron chi connectivity index (χ3n) is 3.89. The smallest absolute Gasteiger partial charge is 0.308 e. The molecule has 0 saturated heterocycles. The SMILES string of the molecule is O=C(CCC(=O)c1ccccc1)NCC(Cc1ccccc1)C(=O)O. The minimum absolute atomic E-state index is 0.0442. The Hall–Kier alpha value is -2.95. The summed E-state index contributed by atoms with van der Waals surface area (Å²) in [4.78, 5) is 35.2. The van der Waals surface area contributed by atoms with E-state index in [-0.39, 0.29) is 31.1 Å². The monoisotopic (exact) mass is 339 g/mol. The Morgan fingerprint density at radius 3 is 2.08 bits per heavy atom. The molecule has 5 heteroatoms. The standard InChI is InChI=1S/C20H21NO4/c22-18(16-9-5-2-6-10-16)11-12-19(23)21-14-17(20(24)25)13-15-7-3-1-4-8-15/h1-10,17H,11-14H2,(H,21,23)(H,24,25). The summed E-state index contributed by atoms with van der Waals surface area (Å²) in [7, 11) is 0.